The second kappa shape index (κ2) is 9.14. The molecule has 150 valence electrons. The summed E-state index contributed by atoms with van der Waals surface area (Å²) in [5.74, 6) is -1.99. The summed E-state index contributed by atoms with van der Waals surface area (Å²) in [5.41, 5.74) is 0.549. The maximum Gasteiger partial charge on any atom is 0.326 e. The van der Waals surface area contributed by atoms with Crippen LogP contribution in [-0.4, -0.2) is 43.9 Å². The summed E-state index contributed by atoms with van der Waals surface area (Å²) in [6.45, 7) is 12.1. The molecule has 27 heavy (non-hydrogen) atoms. The molecular formula is C19H30N2O5Si. The van der Waals surface area contributed by atoms with Crippen LogP contribution in [0.1, 0.15) is 44.5 Å². The van der Waals surface area contributed by atoms with Gasteiger partial charge < -0.3 is 20.2 Å². The molecule has 0 saturated heterocycles. The molecule has 0 heterocycles. The molecule has 2 amide bonds. The second-order valence-electron chi connectivity index (χ2n) is 7.99. The van der Waals surface area contributed by atoms with Gasteiger partial charge >= 0.3 is 5.97 Å². The van der Waals surface area contributed by atoms with Crippen LogP contribution >= 0.6 is 0 Å². The fourth-order valence-corrected chi connectivity index (χ4v) is 3.18. The lowest BCUT2D eigenvalue weighted by Crippen LogP contribution is -2.44. The first-order valence-electron chi connectivity index (χ1n) is 8.89. The number of hydrogen-bond acceptors (Lipinski definition) is 4. The lowest BCUT2D eigenvalue weighted by atomic mass is 10.1. The van der Waals surface area contributed by atoms with E-state index in [1.165, 1.54) is 13.0 Å². The summed E-state index contributed by atoms with van der Waals surface area (Å²) in [4.78, 5) is 35.4. The van der Waals surface area contributed by atoms with Crippen LogP contribution in [0.4, 0.5) is 5.69 Å². The lowest BCUT2D eigenvalue weighted by molar-refractivity contribution is -0.139. The summed E-state index contributed by atoms with van der Waals surface area (Å²) < 4.78 is 6.01. The number of amides is 2. The molecule has 0 bridgehead atoms. The van der Waals surface area contributed by atoms with Gasteiger partial charge in [0.15, 0.2) is 8.32 Å². The largest absolute Gasteiger partial charge is 0.480 e. The summed E-state index contributed by atoms with van der Waals surface area (Å²) in [5, 5.41) is 14.6. The summed E-state index contributed by atoms with van der Waals surface area (Å²) in [6, 6.07) is 5.38. The number of benzene rings is 1. The van der Waals surface area contributed by atoms with E-state index in [0.29, 0.717) is 5.69 Å². The molecule has 0 saturated carbocycles. The zero-order valence-corrected chi connectivity index (χ0v) is 17.9. The lowest BCUT2D eigenvalue weighted by Gasteiger charge is -2.36. The van der Waals surface area contributed by atoms with Crippen LogP contribution in [0.5, 0.6) is 0 Å². The highest BCUT2D eigenvalue weighted by Crippen LogP contribution is 2.36. The number of rotatable bonds is 8. The molecule has 0 fully saturated rings. The quantitative estimate of drug-likeness (QED) is 0.587. The monoisotopic (exact) mass is 394 g/mol. The van der Waals surface area contributed by atoms with Crippen LogP contribution in [0.15, 0.2) is 24.3 Å². The summed E-state index contributed by atoms with van der Waals surface area (Å²) in [6.07, 6.45) is 0.163. The van der Waals surface area contributed by atoms with Crippen molar-refractivity contribution in [3.05, 3.63) is 29.8 Å². The maximum atomic E-state index is 12.5. The van der Waals surface area contributed by atoms with Crippen molar-refractivity contribution in [1.82, 2.24) is 5.32 Å². The minimum absolute atomic E-state index is 0.0201. The number of carboxylic acids is 1. The molecule has 0 aliphatic heterocycles. The van der Waals surface area contributed by atoms with Crippen LogP contribution in [0.3, 0.4) is 0 Å². The van der Waals surface area contributed by atoms with Crippen LogP contribution in [0.2, 0.25) is 18.1 Å². The highest BCUT2D eigenvalue weighted by Gasteiger charge is 2.37. The Bertz CT molecular complexity index is 698. The molecule has 0 aromatic heterocycles. The molecule has 1 atom stereocenters. The zero-order valence-electron chi connectivity index (χ0n) is 16.9. The van der Waals surface area contributed by atoms with E-state index in [2.05, 4.69) is 44.5 Å². The topological polar surface area (TPSA) is 105 Å². The van der Waals surface area contributed by atoms with Crippen molar-refractivity contribution in [1.29, 1.82) is 0 Å². The van der Waals surface area contributed by atoms with Crippen LogP contribution in [0, 0.1) is 0 Å². The van der Waals surface area contributed by atoms with Gasteiger partial charge in [0.1, 0.15) is 6.04 Å². The molecule has 7 nitrogen and oxygen atoms in total. The van der Waals surface area contributed by atoms with Crippen molar-refractivity contribution in [2.24, 2.45) is 0 Å². The number of aliphatic carboxylic acids is 1. The van der Waals surface area contributed by atoms with E-state index in [9.17, 15) is 19.5 Å². The van der Waals surface area contributed by atoms with Gasteiger partial charge in [-0.2, -0.15) is 0 Å². The van der Waals surface area contributed by atoms with Gasteiger partial charge in [-0.15, -0.1) is 0 Å². The van der Waals surface area contributed by atoms with Crippen molar-refractivity contribution < 1.29 is 23.9 Å². The Balaban J connectivity index is 2.80. The van der Waals surface area contributed by atoms with E-state index in [4.69, 9.17) is 4.43 Å². The molecule has 3 N–H and O–H groups in total. The van der Waals surface area contributed by atoms with E-state index in [1.54, 1.807) is 18.2 Å². The average molecular weight is 395 g/mol. The standard InChI is InChI=1S/C19H30N2O5Si/c1-13(22)20-15-10-8-7-9-14(15)17(23)21-16(18(24)25)11-12-26-27(5,6)19(2,3)4/h7-10,16H,11-12H2,1-6H3,(H,20,22)(H,21,23)(H,24,25)/t16-/m1/s1. The van der Waals surface area contributed by atoms with Gasteiger partial charge in [0.05, 0.1) is 11.3 Å². The molecule has 1 aromatic carbocycles. The third kappa shape index (κ3) is 6.80. The van der Waals surface area contributed by atoms with Crippen LogP contribution in [0.25, 0.3) is 0 Å². The Kier molecular flexibility index (Phi) is 7.73. The fourth-order valence-electron chi connectivity index (χ4n) is 2.12. The number of carbonyl (C=O) groups is 3. The first-order chi connectivity index (χ1) is 12.3. The first-order valence-corrected chi connectivity index (χ1v) is 11.8. The van der Waals surface area contributed by atoms with E-state index in [0.717, 1.165) is 0 Å². The van der Waals surface area contributed by atoms with Crippen molar-refractivity contribution in [2.45, 2.75) is 58.3 Å². The van der Waals surface area contributed by atoms with Crippen molar-refractivity contribution in [3.63, 3.8) is 0 Å². The number of anilines is 1. The number of nitrogens with one attached hydrogen (secondary N) is 2. The molecule has 0 unspecified atom stereocenters. The Hall–Kier alpha value is -2.19. The van der Waals surface area contributed by atoms with Crippen molar-refractivity contribution in [2.75, 3.05) is 11.9 Å². The number of carboxylic acid groups (broad SMARTS) is 1. The molecule has 1 aromatic rings. The van der Waals surface area contributed by atoms with Gasteiger partial charge in [-0.3, -0.25) is 9.59 Å². The van der Waals surface area contributed by atoms with E-state index in [-0.39, 0.29) is 29.5 Å². The molecule has 0 radical (unpaired) electrons. The Morgan fingerprint density at radius 1 is 1.19 bits per heavy atom. The second-order valence-corrected chi connectivity index (χ2v) is 12.8. The predicted molar refractivity (Wildman–Crippen MR) is 107 cm³/mol. The zero-order chi connectivity index (χ0) is 20.8. The number of carbonyl (C=O) groups excluding carboxylic acids is 2. The Morgan fingerprint density at radius 2 is 1.78 bits per heavy atom. The third-order valence-electron chi connectivity index (χ3n) is 4.76. The minimum atomic E-state index is -1.99. The molecule has 0 aliphatic carbocycles. The third-order valence-corrected chi connectivity index (χ3v) is 9.30. The van der Waals surface area contributed by atoms with Crippen LogP contribution < -0.4 is 10.6 Å². The van der Waals surface area contributed by atoms with Crippen molar-refractivity contribution in [3.8, 4) is 0 Å². The van der Waals surface area contributed by atoms with E-state index >= 15 is 0 Å². The summed E-state index contributed by atoms with van der Waals surface area (Å²) in [7, 11) is -1.99. The fraction of sp³-hybridized carbons (Fsp3) is 0.526. The Labute approximate surface area is 161 Å². The normalized spacial score (nSPS) is 13.0. The first kappa shape index (κ1) is 22.8. The molecule has 0 aliphatic rings. The molecule has 0 spiro atoms. The maximum absolute atomic E-state index is 12.5. The smallest absolute Gasteiger partial charge is 0.326 e. The van der Waals surface area contributed by atoms with Gasteiger partial charge in [-0.1, -0.05) is 32.9 Å². The van der Waals surface area contributed by atoms with Gasteiger partial charge in [-0.25, -0.2) is 4.79 Å². The van der Waals surface area contributed by atoms with Gasteiger partial charge in [0.2, 0.25) is 5.91 Å². The molecule has 8 heteroatoms. The highest BCUT2D eigenvalue weighted by molar-refractivity contribution is 6.74. The van der Waals surface area contributed by atoms with Crippen molar-refractivity contribution >= 4 is 31.8 Å². The SMILES string of the molecule is CC(=O)Nc1ccccc1C(=O)N[C@H](CCO[Si](C)(C)C(C)(C)C)C(=O)O. The average Bonchev–Trinajstić information content (AvgIpc) is 2.52. The van der Waals surface area contributed by atoms with Crippen LogP contribution in [-0.2, 0) is 14.0 Å². The Morgan fingerprint density at radius 3 is 2.30 bits per heavy atom. The highest BCUT2D eigenvalue weighted by atomic mass is 28.4. The van der Waals surface area contributed by atoms with Gasteiger partial charge in [0.25, 0.3) is 5.91 Å². The molecule has 1 rings (SSSR count). The number of para-hydroxylation sites is 1. The molecular weight excluding hydrogens is 364 g/mol. The number of hydrogen-bond donors (Lipinski definition) is 3. The van der Waals surface area contributed by atoms with E-state index < -0.39 is 26.2 Å². The minimum Gasteiger partial charge on any atom is -0.480 e. The van der Waals surface area contributed by atoms with E-state index in [1.807, 2.05) is 0 Å². The van der Waals surface area contributed by atoms with Gasteiger partial charge in [-0.05, 0) is 30.3 Å². The predicted octanol–water partition coefficient (Wildman–Crippen LogP) is 3.24. The van der Waals surface area contributed by atoms with Gasteiger partial charge in [0, 0.05) is 20.0 Å². The summed E-state index contributed by atoms with van der Waals surface area (Å²) >= 11 is 0.